The first-order valence-electron chi connectivity index (χ1n) is 20.0. The number of terminal acetylenes is 1. The zero-order chi connectivity index (χ0) is 39.0. The minimum atomic E-state index is -0.265. The first kappa shape index (κ1) is 40.1. The molecule has 5 aromatic rings. The van der Waals surface area contributed by atoms with Gasteiger partial charge in [-0.1, -0.05) is 182 Å². The molecular weight excluding hydrogens is 651 g/mol. The predicted molar refractivity (Wildman–Crippen MR) is 238 cm³/mol. The molecule has 0 heterocycles. The minimum absolute atomic E-state index is 0.0874. The highest BCUT2D eigenvalue weighted by Gasteiger charge is 2.32. The number of anilines is 1. The zero-order valence-electron chi connectivity index (χ0n) is 34.5. The molecule has 1 nitrogen and oxygen atoms in total. The quantitative estimate of drug-likeness (QED) is 0.142. The molecule has 0 amide bonds. The van der Waals surface area contributed by atoms with E-state index >= 15 is 0 Å². The van der Waals surface area contributed by atoms with Gasteiger partial charge in [-0.2, -0.15) is 0 Å². The van der Waals surface area contributed by atoms with Crippen LogP contribution in [-0.4, -0.2) is 0 Å². The lowest BCUT2D eigenvalue weighted by atomic mass is 9.70. The molecule has 1 aliphatic rings. The lowest BCUT2D eigenvalue weighted by Gasteiger charge is -2.33. The molecule has 1 atom stereocenters. The van der Waals surface area contributed by atoms with Crippen molar-refractivity contribution >= 4 is 27.2 Å². The second kappa shape index (κ2) is 17.4. The van der Waals surface area contributed by atoms with Crippen LogP contribution in [0.2, 0.25) is 0 Å². The highest BCUT2D eigenvalue weighted by Crippen LogP contribution is 2.42. The lowest BCUT2D eigenvalue weighted by molar-refractivity contribution is 0.457. The second-order valence-corrected chi connectivity index (χ2v) is 16.0. The van der Waals surface area contributed by atoms with E-state index in [1.807, 2.05) is 13.8 Å². The summed E-state index contributed by atoms with van der Waals surface area (Å²) in [6.45, 7) is 22.5. The largest absolute Gasteiger partial charge is 0.355 e. The Labute approximate surface area is 327 Å². The number of fused-ring (bicyclic) bond motifs is 2. The SMILES string of the molecule is C#CC(/C=C/C1=C(Nc2ccccc2)C(=C/C=C(/C)C(C)(C)c2c(C(C)C)ccc3ccccc23)/CCC1)C(C)(C)c1c(C)ccc2ccccc12.CC. The molecule has 1 heteroatoms. The third-order valence-corrected chi connectivity index (χ3v) is 11.5. The Hall–Kier alpha value is -5.06. The van der Waals surface area contributed by atoms with Crippen molar-refractivity contribution in [2.45, 2.75) is 105 Å². The van der Waals surface area contributed by atoms with Crippen molar-refractivity contribution < 1.29 is 0 Å². The summed E-state index contributed by atoms with van der Waals surface area (Å²) in [7, 11) is 0. The van der Waals surface area contributed by atoms with E-state index < -0.39 is 0 Å². The van der Waals surface area contributed by atoms with Crippen LogP contribution < -0.4 is 5.32 Å². The van der Waals surface area contributed by atoms with Crippen LogP contribution in [0.4, 0.5) is 5.69 Å². The van der Waals surface area contributed by atoms with Crippen molar-refractivity contribution in [1.29, 1.82) is 0 Å². The molecule has 0 radical (unpaired) electrons. The maximum atomic E-state index is 6.37. The van der Waals surface area contributed by atoms with Gasteiger partial charge in [0.1, 0.15) is 0 Å². The van der Waals surface area contributed by atoms with E-state index in [1.54, 1.807) is 0 Å². The van der Waals surface area contributed by atoms with Gasteiger partial charge in [0.05, 0.1) is 0 Å². The van der Waals surface area contributed by atoms with Gasteiger partial charge in [0.25, 0.3) is 0 Å². The molecule has 54 heavy (non-hydrogen) atoms. The standard InChI is InChI=1S/C51H55N.C2H6/c1-10-42(51(8,9)47-36(4)27-29-38-19-14-16-25-45(38)47)33-31-41-22-18-21-40(49(41)52-43-23-12-11-13-24-43)30-28-37(5)50(6,7)48-44(35(2)3)34-32-39-20-15-17-26-46(39)48;1-2/h1,11-17,19-20,23-35,42,52H,18,21-22H2,2-9H3;1-2H3/b33-31+,37-28-,40-30+;. The minimum Gasteiger partial charge on any atom is -0.355 e. The van der Waals surface area contributed by atoms with Gasteiger partial charge in [0, 0.05) is 28.1 Å². The highest BCUT2D eigenvalue weighted by molar-refractivity contribution is 5.89. The topological polar surface area (TPSA) is 12.0 Å². The van der Waals surface area contributed by atoms with Gasteiger partial charge >= 0.3 is 0 Å². The number of hydrogen-bond acceptors (Lipinski definition) is 1. The van der Waals surface area contributed by atoms with E-state index in [0.29, 0.717) is 5.92 Å². The van der Waals surface area contributed by atoms with Crippen LogP contribution in [0.5, 0.6) is 0 Å². The predicted octanol–water partition coefficient (Wildman–Crippen LogP) is 14.9. The first-order valence-corrected chi connectivity index (χ1v) is 20.0. The van der Waals surface area contributed by atoms with Gasteiger partial charge in [0.2, 0.25) is 0 Å². The summed E-state index contributed by atoms with van der Waals surface area (Å²) in [5.41, 5.74) is 11.3. The van der Waals surface area contributed by atoms with Crippen molar-refractivity contribution in [1.82, 2.24) is 0 Å². The highest BCUT2D eigenvalue weighted by atomic mass is 14.9. The molecule has 0 fully saturated rings. The molecule has 6 rings (SSSR count). The fourth-order valence-corrected chi connectivity index (χ4v) is 8.29. The monoisotopic (exact) mass is 711 g/mol. The van der Waals surface area contributed by atoms with E-state index in [2.05, 4.69) is 194 Å². The average Bonchev–Trinajstić information content (AvgIpc) is 3.18. The van der Waals surface area contributed by atoms with Crippen LogP contribution >= 0.6 is 0 Å². The molecule has 5 aromatic carbocycles. The molecular formula is C53H61N. The molecule has 1 N–H and O–H groups in total. The van der Waals surface area contributed by atoms with E-state index in [0.717, 1.165) is 24.9 Å². The molecule has 0 aromatic heterocycles. The molecule has 1 unspecified atom stereocenters. The van der Waals surface area contributed by atoms with Crippen molar-refractivity contribution in [3.8, 4) is 12.3 Å². The van der Waals surface area contributed by atoms with Crippen LogP contribution in [0, 0.1) is 25.2 Å². The Balaban J connectivity index is 0.00000276. The van der Waals surface area contributed by atoms with Gasteiger partial charge in [0.15, 0.2) is 0 Å². The Kier molecular flexibility index (Phi) is 12.9. The van der Waals surface area contributed by atoms with Crippen LogP contribution in [0.25, 0.3) is 21.5 Å². The van der Waals surface area contributed by atoms with E-state index in [-0.39, 0.29) is 16.7 Å². The maximum Gasteiger partial charge on any atom is 0.0475 e. The van der Waals surface area contributed by atoms with Gasteiger partial charge in [-0.15, -0.1) is 6.42 Å². The third kappa shape index (κ3) is 8.35. The zero-order valence-corrected chi connectivity index (χ0v) is 34.5. The number of aryl methyl sites for hydroxylation is 1. The number of benzene rings is 5. The Morgan fingerprint density at radius 1 is 0.759 bits per heavy atom. The fourth-order valence-electron chi connectivity index (χ4n) is 8.29. The second-order valence-electron chi connectivity index (χ2n) is 16.0. The van der Waals surface area contributed by atoms with E-state index in [9.17, 15) is 0 Å². The Bertz CT molecular complexity index is 2240. The normalized spacial score (nSPS) is 15.4. The summed E-state index contributed by atoms with van der Waals surface area (Å²) in [5, 5.41) is 9.03. The average molecular weight is 712 g/mol. The van der Waals surface area contributed by atoms with Gasteiger partial charge in [-0.25, -0.2) is 0 Å². The summed E-state index contributed by atoms with van der Waals surface area (Å²) < 4.78 is 0. The molecule has 0 bridgehead atoms. The van der Waals surface area contributed by atoms with E-state index in [4.69, 9.17) is 6.42 Å². The number of hydrogen-bond donors (Lipinski definition) is 1. The van der Waals surface area contributed by atoms with Crippen LogP contribution in [0.1, 0.15) is 110 Å². The molecule has 0 saturated carbocycles. The summed E-state index contributed by atoms with van der Waals surface area (Å²) in [4.78, 5) is 0. The van der Waals surface area contributed by atoms with Crippen molar-refractivity contribution in [2.75, 3.05) is 5.32 Å². The lowest BCUT2D eigenvalue weighted by Crippen LogP contribution is -2.28. The smallest absolute Gasteiger partial charge is 0.0475 e. The summed E-state index contributed by atoms with van der Waals surface area (Å²) in [6, 6.07) is 37.1. The maximum absolute atomic E-state index is 6.37. The summed E-state index contributed by atoms with van der Waals surface area (Å²) >= 11 is 0. The molecule has 0 saturated heterocycles. The summed E-state index contributed by atoms with van der Waals surface area (Å²) in [6.07, 6.45) is 18.8. The molecule has 0 spiro atoms. The van der Waals surface area contributed by atoms with Crippen molar-refractivity contribution in [2.24, 2.45) is 5.92 Å². The van der Waals surface area contributed by atoms with Gasteiger partial charge < -0.3 is 5.32 Å². The Morgan fingerprint density at radius 3 is 1.98 bits per heavy atom. The van der Waals surface area contributed by atoms with Crippen molar-refractivity contribution in [3.63, 3.8) is 0 Å². The first-order chi connectivity index (χ1) is 25.9. The van der Waals surface area contributed by atoms with Crippen molar-refractivity contribution in [3.05, 3.63) is 172 Å². The number of para-hydroxylation sites is 1. The van der Waals surface area contributed by atoms with Crippen LogP contribution in [0.15, 0.2) is 150 Å². The van der Waals surface area contributed by atoms with Gasteiger partial charge in [-0.05, 0) is 106 Å². The third-order valence-electron chi connectivity index (χ3n) is 11.5. The molecule has 278 valence electrons. The molecule has 1 aliphatic carbocycles. The fraction of sp³-hybridized carbons (Fsp3) is 0.321. The summed E-state index contributed by atoms with van der Waals surface area (Å²) in [5.74, 6) is 3.54. The number of allylic oxidation sites excluding steroid dienone is 7. The molecule has 0 aliphatic heterocycles. The Morgan fingerprint density at radius 2 is 1.35 bits per heavy atom. The van der Waals surface area contributed by atoms with Gasteiger partial charge in [-0.3, -0.25) is 0 Å². The van der Waals surface area contributed by atoms with Crippen LogP contribution in [-0.2, 0) is 10.8 Å². The number of nitrogens with one attached hydrogen (secondary N) is 1. The van der Waals surface area contributed by atoms with E-state index in [1.165, 1.54) is 66.2 Å². The number of rotatable bonds is 10. The van der Waals surface area contributed by atoms with Crippen LogP contribution in [0.3, 0.4) is 0 Å².